The molecule has 0 saturated carbocycles. The average Bonchev–Trinajstić information content (AvgIpc) is 2.85. The van der Waals surface area contributed by atoms with Crippen LogP contribution in [-0.2, 0) is 39.4 Å². The van der Waals surface area contributed by atoms with Crippen LogP contribution in [0.25, 0.3) is 0 Å². The van der Waals surface area contributed by atoms with Gasteiger partial charge in [-0.05, 0) is 36.4 Å². The van der Waals surface area contributed by atoms with Gasteiger partial charge in [0.25, 0.3) is 0 Å². The van der Waals surface area contributed by atoms with Gasteiger partial charge in [0.05, 0.1) is 46.3 Å². The van der Waals surface area contributed by atoms with Crippen LogP contribution in [0.15, 0.2) is 56.0 Å². The molecule has 0 unspecified atom stereocenters. The summed E-state index contributed by atoms with van der Waals surface area (Å²) in [7, 11) is -12.5. The minimum absolute atomic E-state index is 0.107. The van der Waals surface area contributed by atoms with E-state index in [1.165, 1.54) is 32.9 Å². The summed E-state index contributed by atoms with van der Waals surface area (Å²) in [6, 6.07) is 6.66. The maximum Gasteiger partial charge on any atom is 0.244 e. The molecule has 35 heavy (non-hydrogen) atoms. The summed E-state index contributed by atoms with van der Waals surface area (Å²) in [5.74, 6) is 0. The lowest BCUT2D eigenvalue weighted by Crippen LogP contribution is -2.40. The van der Waals surface area contributed by atoms with Crippen LogP contribution in [0.3, 0.4) is 0 Å². The molecule has 15 heteroatoms. The van der Waals surface area contributed by atoms with Crippen LogP contribution < -0.4 is 0 Å². The molecule has 0 amide bonds. The van der Waals surface area contributed by atoms with E-state index in [0.29, 0.717) is 0 Å². The zero-order valence-corrected chi connectivity index (χ0v) is 22.2. The number of hydrogen-bond donors (Lipinski definition) is 0. The lowest BCUT2D eigenvalue weighted by molar-refractivity contribution is 0.0730. The summed E-state index contributed by atoms with van der Waals surface area (Å²) in [4.78, 5) is -1.44. The number of sulfone groups is 1. The Morgan fingerprint density at radius 3 is 1.29 bits per heavy atom. The van der Waals surface area contributed by atoms with E-state index in [9.17, 15) is 25.3 Å². The average molecular weight is 586 g/mol. The van der Waals surface area contributed by atoms with E-state index in [1.807, 2.05) is 0 Å². The first kappa shape index (κ1) is 26.8. The van der Waals surface area contributed by atoms with Crippen molar-refractivity contribution in [3.05, 3.63) is 46.4 Å². The number of morpholine rings is 2. The molecule has 0 atom stereocenters. The highest BCUT2D eigenvalue weighted by atomic mass is 35.5. The number of halogens is 2. The van der Waals surface area contributed by atoms with E-state index in [1.54, 1.807) is 0 Å². The van der Waals surface area contributed by atoms with Gasteiger partial charge < -0.3 is 9.47 Å². The molecule has 2 aliphatic heterocycles. The molecular weight excluding hydrogens is 563 g/mol. The van der Waals surface area contributed by atoms with Crippen LogP contribution >= 0.6 is 23.2 Å². The highest BCUT2D eigenvalue weighted by Crippen LogP contribution is 2.33. The van der Waals surface area contributed by atoms with Crippen molar-refractivity contribution in [1.82, 2.24) is 8.61 Å². The molecule has 0 aromatic heterocycles. The molecule has 0 bridgehead atoms. The molecule has 192 valence electrons. The molecule has 4 rings (SSSR count). The fourth-order valence-corrected chi connectivity index (χ4v) is 8.96. The molecule has 2 fully saturated rings. The zero-order chi connectivity index (χ0) is 25.4. The molecule has 2 heterocycles. The Hall–Kier alpha value is -1.29. The number of nitrogens with zero attached hydrogens (tertiary/aromatic N) is 2. The Balaban J connectivity index is 1.75. The van der Waals surface area contributed by atoms with E-state index >= 15 is 0 Å². The summed E-state index contributed by atoms with van der Waals surface area (Å²) in [5, 5.41) is -0.274. The molecule has 2 saturated heterocycles. The van der Waals surface area contributed by atoms with Gasteiger partial charge in [-0.15, -0.1) is 0 Å². The Morgan fingerprint density at radius 2 is 0.943 bits per heavy atom. The minimum Gasteiger partial charge on any atom is -0.379 e. The Labute approximate surface area is 214 Å². The Bertz CT molecular complexity index is 1330. The van der Waals surface area contributed by atoms with E-state index in [2.05, 4.69) is 0 Å². The van der Waals surface area contributed by atoms with Crippen LogP contribution in [0.5, 0.6) is 0 Å². The van der Waals surface area contributed by atoms with Crippen LogP contribution in [0, 0.1) is 0 Å². The van der Waals surface area contributed by atoms with Crippen molar-refractivity contribution >= 4 is 53.1 Å². The summed E-state index contributed by atoms with van der Waals surface area (Å²) in [6.07, 6.45) is 0. The van der Waals surface area contributed by atoms with Gasteiger partial charge >= 0.3 is 0 Å². The van der Waals surface area contributed by atoms with Gasteiger partial charge in [-0.2, -0.15) is 8.61 Å². The van der Waals surface area contributed by atoms with Gasteiger partial charge in [0, 0.05) is 26.2 Å². The van der Waals surface area contributed by atoms with Gasteiger partial charge in [-0.25, -0.2) is 25.3 Å². The minimum atomic E-state index is -4.33. The fourth-order valence-electron chi connectivity index (χ4n) is 3.69. The summed E-state index contributed by atoms with van der Waals surface area (Å²) < 4.78 is 92.0. The van der Waals surface area contributed by atoms with E-state index in [4.69, 9.17) is 32.7 Å². The third-order valence-corrected chi connectivity index (χ3v) is 12.1. The number of sulfonamides is 2. The van der Waals surface area contributed by atoms with Gasteiger partial charge in [0.1, 0.15) is 9.79 Å². The van der Waals surface area contributed by atoms with Crippen molar-refractivity contribution in [3.63, 3.8) is 0 Å². The second kappa shape index (κ2) is 10.2. The number of hydrogen-bond acceptors (Lipinski definition) is 8. The Kier molecular flexibility index (Phi) is 7.82. The first-order chi connectivity index (χ1) is 16.5. The van der Waals surface area contributed by atoms with E-state index < -0.39 is 29.9 Å². The van der Waals surface area contributed by atoms with E-state index in [-0.39, 0.29) is 82.2 Å². The molecule has 0 N–H and O–H groups in total. The Morgan fingerprint density at radius 1 is 0.600 bits per heavy atom. The molecule has 2 aromatic rings. The topological polar surface area (TPSA) is 127 Å². The molecule has 0 spiro atoms. The highest BCUT2D eigenvalue weighted by molar-refractivity contribution is 7.92. The van der Waals surface area contributed by atoms with Crippen molar-refractivity contribution in [3.8, 4) is 0 Å². The summed E-state index contributed by atoms with van der Waals surface area (Å²) in [5.41, 5.74) is 0. The largest absolute Gasteiger partial charge is 0.379 e. The predicted octanol–water partition coefficient (Wildman–Crippen LogP) is 1.87. The van der Waals surface area contributed by atoms with E-state index in [0.717, 1.165) is 12.1 Å². The number of rotatable bonds is 6. The predicted molar refractivity (Wildman–Crippen MR) is 128 cm³/mol. The van der Waals surface area contributed by atoms with Crippen molar-refractivity contribution < 1.29 is 34.7 Å². The molecular formula is C20H22Cl2N2O8S3. The lowest BCUT2D eigenvalue weighted by atomic mass is 10.3. The fraction of sp³-hybridized carbons (Fsp3) is 0.400. The quantitative estimate of drug-likeness (QED) is 0.503. The summed E-state index contributed by atoms with van der Waals surface area (Å²) >= 11 is 12.3. The van der Waals surface area contributed by atoms with Crippen molar-refractivity contribution in [2.24, 2.45) is 0 Å². The SMILES string of the molecule is O=S(=O)(c1ccc(Cl)c(S(=O)(=O)N2CCOCC2)c1)c1ccc(Cl)c(S(=O)(=O)N2CCOCC2)c1. The van der Waals surface area contributed by atoms with Gasteiger partial charge in [0.15, 0.2) is 0 Å². The molecule has 0 radical (unpaired) electrons. The van der Waals surface area contributed by atoms with Crippen molar-refractivity contribution in [1.29, 1.82) is 0 Å². The zero-order valence-electron chi connectivity index (χ0n) is 18.3. The molecule has 10 nitrogen and oxygen atoms in total. The summed E-state index contributed by atoms with van der Waals surface area (Å²) in [6.45, 7) is 1.26. The third kappa shape index (κ3) is 5.24. The number of ether oxygens (including phenoxy) is 2. The normalized spacial score (nSPS) is 19.0. The second-order valence-electron chi connectivity index (χ2n) is 7.72. The standard InChI is InChI=1S/C20H22Cl2N2O8S3/c21-17-3-1-15(13-19(17)34(27,28)23-5-9-31-10-6-23)33(25,26)16-2-4-18(22)20(14-16)35(29,30)24-7-11-32-12-8-24/h1-4,13-14H,5-12H2. The monoisotopic (exact) mass is 584 g/mol. The van der Waals surface area contributed by atoms with Crippen LogP contribution in [0.4, 0.5) is 0 Å². The maximum absolute atomic E-state index is 13.4. The van der Waals surface area contributed by atoms with Gasteiger partial charge in [0.2, 0.25) is 29.9 Å². The van der Waals surface area contributed by atoms with Crippen LogP contribution in [0.2, 0.25) is 10.0 Å². The van der Waals surface area contributed by atoms with Crippen molar-refractivity contribution in [2.75, 3.05) is 52.6 Å². The van der Waals surface area contributed by atoms with Gasteiger partial charge in [-0.3, -0.25) is 0 Å². The third-order valence-electron chi connectivity index (χ3n) is 5.60. The van der Waals surface area contributed by atoms with Crippen LogP contribution in [0.1, 0.15) is 0 Å². The lowest BCUT2D eigenvalue weighted by Gasteiger charge is -2.26. The van der Waals surface area contributed by atoms with Crippen LogP contribution in [-0.4, -0.2) is 86.5 Å². The first-order valence-electron chi connectivity index (χ1n) is 10.5. The maximum atomic E-state index is 13.4. The number of benzene rings is 2. The molecule has 2 aliphatic rings. The second-order valence-corrected chi connectivity index (χ2v) is 14.3. The smallest absolute Gasteiger partial charge is 0.244 e. The highest BCUT2D eigenvalue weighted by Gasteiger charge is 2.32. The first-order valence-corrected chi connectivity index (χ1v) is 15.6. The molecule has 2 aromatic carbocycles. The van der Waals surface area contributed by atoms with Crippen molar-refractivity contribution in [2.45, 2.75) is 19.6 Å². The van der Waals surface area contributed by atoms with Gasteiger partial charge in [-0.1, -0.05) is 23.2 Å². The molecule has 0 aliphatic carbocycles.